The van der Waals surface area contributed by atoms with Gasteiger partial charge in [-0.15, -0.1) is 5.10 Å². The molecule has 0 radical (unpaired) electrons. The number of aromatic nitrogens is 3. The molecule has 1 aliphatic heterocycles. The molecule has 1 fully saturated rings. The Hall–Kier alpha value is -0.940. The van der Waals surface area contributed by atoms with E-state index in [-0.39, 0.29) is 6.29 Å². The zero-order valence-electron chi connectivity index (χ0n) is 5.28. The van der Waals surface area contributed by atoms with Gasteiger partial charge in [-0.05, 0) is 0 Å². The maximum Gasteiger partial charge on any atom is 0.204 e. The van der Waals surface area contributed by atoms with Crippen molar-refractivity contribution < 1.29 is 9.47 Å². The summed E-state index contributed by atoms with van der Waals surface area (Å²) in [4.78, 5) is 0. The quantitative estimate of drug-likeness (QED) is 0.590. The molecule has 0 spiro atoms. The fourth-order valence-electron chi connectivity index (χ4n) is 0.855. The Morgan fingerprint density at radius 3 is 2.90 bits per heavy atom. The summed E-state index contributed by atoms with van der Waals surface area (Å²) in [5, 5.41) is 9.86. The topological polar surface area (TPSA) is 60.0 Å². The monoisotopic (exact) mass is 141 g/mol. The van der Waals surface area contributed by atoms with E-state index >= 15 is 0 Å². The molecule has 2 heterocycles. The van der Waals surface area contributed by atoms with E-state index in [1.165, 1.54) is 0 Å². The second-order valence-corrected chi connectivity index (χ2v) is 1.97. The van der Waals surface area contributed by atoms with Crippen LogP contribution < -0.4 is 0 Å². The van der Waals surface area contributed by atoms with Gasteiger partial charge < -0.3 is 9.47 Å². The van der Waals surface area contributed by atoms with E-state index in [1.54, 1.807) is 6.20 Å². The van der Waals surface area contributed by atoms with Crippen LogP contribution >= 0.6 is 0 Å². The van der Waals surface area contributed by atoms with Gasteiger partial charge in [0.2, 0.25) is 6.29 Å². The third-order valence-electron chi connectivity index (χ3n) is 1.30. The number of ether oxygens (including phenoxy) is 2. The lowest BCUT2D eigenvalue weighted by Gasteiger charge is -2.01. The van der Waals surface area contributed by atoms with Crippen LogP contribution in [0.1, 0.15) is 12.0 Å². The molecule has 1 aliphatic rings. The van der Waals surface area contributed by atoms with Gasteiger partial charge in [0.1, 0.15) is 5.69 Å². The molecule has 54 valence electrons. The smallest absolute Gasteiger partial charge is 0.204 e. The van der Waals surface area contributed by atoms with Gasteiger partial charge in [0.25, 0.3) is 0 Å². The molecule has 2 rings (SSSR count). The van der Waals surface area contributed by atoms with Crippen LogP contribution in [0.4, 0.5) is 0 Å². The molecule has 0 bridgehead atoms. The van der Waals surface area contributed by atoms with Crippen molar-refractivity contribution in [1.29, 1.82) is 0 Å². The summed E-state index contributed by atoms with van der Waals surface area (Å²) in [6.45, 7) is 1.27. The Labute approximate surface area is 57.3 Å². The van der Waals surface area contributed by atoms with Crippen LogP contribution in [0.15, 0.2) is 6.20 Å². The first-order valence-electron chi connectivity index (χ1n) is 3.06. The Kier molecular flexibility index (Phi) is 1.37. The summed E-state index contributed by atoms with van der Waals surface area (Å²) in [6, 6.07) is 0. The summed E-state index contributed by atoms with van der Waals surface area (Å²) >= 11 is 0. The van der Waals surface area contributed by atoms with Crippen LogP contribution in [0.25, 0.3) is 0 Å². The van der Waals surface area contributed by atoms with Crippen molar-refractivity contribution in [3.05, 3.63) is 11.9 Å². The number of nitrogens with zero attached hydrogens (tertiary/aromatic N) is 2. The highest BCUT2D eigenvalue weighted by molar-refractivity contribution is 4.93. The highest BCUT2D eigenvalue weighted by Crippen LogP contribution is 2.19. The average Bonchev–Trinajstić information content (AvgIpc) is 2.59. The van der Waals surface area contributed by atoms with Crippen molar-refractivity contribution in [3.63, 3.8) is 0 Å². The lowest BCUT2D eigenvalue weighted by Crippen LogP contribution is -1.97. The van der Waals surface area contributed by atoms with Gasteiger partial charge in [-0.25, -0.2) is 0 Å². The molecule has 1 saturated heterocycles. The molecule has 0 atom stereocenters. The van der Waals surface area contributed by atoms with Gasteiger partial charge in [-0.1, -0.05) is 5.21 Å². The summed E-state index contributed by atoms with van der Waals surface area (Å²) in [7, 11) is 0. The fraction of sp³-hybridized carbons (Fsp3) is 0.600. The molecule has 0 saturated carbocycles. The molecule has 0 aromatic carbocycles. The minimum absolute atomic E-state index is 0.307. The van der Waals surface area contributed by atoms with Crippen LogP contribution in [-0.4, -0.2) is 28.6 Å². The first kappa shape index (κ1) is 5.82. The zero-order valence-corrected chi connectivity index (χ0v) is 5.28. The van der Waals surface area contributed by atoms with Gasteiger partial charge in [-0.3, -0.25) is 5.10 Å². The van der Waals surface area contributed by atoms with Crippen LogP contribution in [0.5, 0.6) is 0 Å². The molecule has 0 aliphatic carbocycles. The standard InChI is InChI=1S/C5H7N3O2/c1-2-10-5(9-1)4-3-6-8-7-4/h3,5H,1-2H2,(H,6,7,8). The lowest BCUT2D eigenvalue weighted by atomic mass is 10.5. The number of nitrogens with one attached hydrogen (secondary N) is 1. The first-order valence-corrected chi connectivity index (χ1v) is 3.06. The summed E-state index contributed by atoms with van der Waals surface area (Å²) in [5.74, 6) is 0. The summed E-state index contributed by atoms with van der Waals surface area (Å²) in [5.41, 5.74) is 0.706. The van der Waals surface area contributed by atoms with E-state index in [4.69, 9.17) is 9.47 Å². The lowest BCUT2D eigenvalue weighted by molar-refractivity contribution is -0.0473. The maximum atomic E-state index is 5.15. The molecule has 1 N–H and O–H groups in total. The van der Waals surface area contributed by atoms with Crippen LogP contribution in [0, 0.1) is 0 Å². The number of H-pyrrole nitrogens is 1. The normalized spacial score (nSPS) is 20.0. The third-order valence-corrected chi connectivity index (χ3v) is 1.30. The maximum absolute atomic E-state index is 5.15. The van der Waals surface area contributed by atoms with Crippen molar-refractivity contribution >= 4 is 0 Å². The number of rotatable bonds is 1. The molecular weight excluding hydrogens is 134 g/mol. The van der Waals surface area contributed by atoms with E-state index in [2.05, 4.69) is 15.4 Å². The number of aromatic amines is 1. The Bertz CT molecular complexity index is 193. The number of hydrogen-bond donors (Lipinski definition) is 1. The average molecular weight is 141 g/mol. The predicted octanol–water partition coefficient (Wildman–Crippen LogP) is -0.150. The van der Waals surface area contributed by atoms with Crippen molar-refractivity contribution in [2.45, 2.75) is 6.29 Å². The van der Waals surface area contributed by atoms with Crippen molar-refractivity contribution in [2.24, 2.45) is 0 Å². The first-order chi connectivity index (χ1) is 4.97. The molecule has 0 unspecified atom stereocenters. The highest BCUT2D eigenvalue weighted by atomic mass is 16.7. The van der Waals surface area contributed by atoms with E-state index in [0.717, 1.165) is 0 Å². The Morgan fingerprint density at radius 1 is 1.50 bits per heavy atom. The Balaban J connectivity index is 2.12. The van der Waals surface area contributed by atoms with Gasteiger partial charge in [0.05, 0.1) is 19.4 Å². The second-order valence-electron chi connectivity index (χ2n) is 1.97. The van der Waals surface area contributed by atoms with E-state index in [1.807, 2.05) is 0 Å². The summed E-state index contributed by atoms with van der Waals surface area (Å²) in [6.07, 6.45) is 1.36. The van der Waals surface area contributed by atoms with Gasteiger partial charge in [0.15, 0.2) is 0 Å². The van der Waals surface area contributed by atoms with Crippen LogP contribution in [0.2, 0.25) is 0 Å². The molecular formula is C5H7N3O2. The van der Waals surface area contributed by atoms with E-state index in [9.17, 15) is 0 Å². The van der Waals surface area contributed by atoms with E-state index in [0.29, 0.717) is 18.9 Å². The second kappa shape index (κ2) is 2.36. The SMILES string of the molecule is c1[nH]nnc1C1OCCO1. The minimum Gasteiger partial charge on any atom is -0.345 e. The molecule has 0 amide bonds. The minimum atomic E-state index is -0.307. The van der Waals surface area contributed by atoms with Crippen molar-refractivity contribution in [2.75, 3.05) is 13.2 Å². The molecule has 10 heavy (non-hydrogen) atoms. The molecule has 5 heteroatoms. The van der Waals surface area contributed by atoms with Gasteiger partial charge >= 0.3 is 0 Å². The van der Waals surface area contributed by atoms with E-state index < -0.39 is 0 Å². The number of hydrogen-bond acceptors (Lipinski definition) is 4. The van der Waals surface area contributed by atoms with Gasteiger partial charge in [-0.2, -0.15) is 0 Å². The van der Waals surface area contributed by atoms with Crippen molar-refractivity contribution in [1.82, 2.24) is 15.4 Å². The molecule has 1 aromatic heterocycles. The Morgan fingerprint density at radius 2 is 2.30 bits per heavy atom. The predicted molar refractivity (Wildman–Crippen MR) is 31.0 cm³/mol. The highest BCUT2D eigenvalue weighted by Gasteiger charge is 2.19. The summed E-state index contributed by atoms with van der Waals surface area (Å²) < 4.78 is 10.3. The largest absolute Gasteiger partial charge is 0.345 e. The fourth-order valence-corrected chi connectivity index (χ4v) is 0.855. The van der Waals surface area contributed by atoms with Crippen LogP contribution in [-0.2, 0) is 9.47 Å². The van der Waals surface area contributed by atoms with Crippen LogP contribution in [0.3, 0.4) is 0 Å². The van der Waals surface area contributed by atoms with Crippen molar-refractivity contribution in [3.8, 4) is 0 Å². The van der Waals surface area contributed by atoms with Gasteiger partial charge in [0, 0.05) is 0 Å². The molecule has 1 aromatic rings. The third kappa shape index (κ3) is 0.891. The molecule has 5 nitrogen and oxygen atoms in total. The zero-order chi connectivity index (χ0) is 6.81.